The molecule has 3 heteroatoms. The molecule has 2 rings (SSSR count). The molecule has 0 saturated carbocycles. The van der Waals surface area contributed by atoms with Crippen molar-refractivity contribution in [3.8, 4) is 0 Å². The van der Waals surface area contributed by atoms with Gasteiger partial charge in [-0.25, -0.2) is 8.78 Å². The summed E-state index contributed by atoms with van der Waals surface area (Å²) < 4.78 is 26.4. The number of benzene rings is 2. The number of halogens is 2. The van der Waals surface area contributed by atoms with Crippen molar-refractivity contribution in [2.75, 3.05) is 5.32 Å². The summed E-state index contributed by atoms with van der Waals surface area (Å²) in [7, 11) is 0. The van der Waals surface area contributed by atoms with Gasteiger partial charge in [-0.2, -0.15) is 0 Å². The van der Waals surface area contributed by atoms with Crippen LogP contribution in [-0.4, -0.2) is 0 Å². The summed E-state index contributed by atoms with van der Waals surface area (Å²) in [4.78, 5) is 0. The van der Waals surface area contributed by atoms with Crippen LogP contribution < -0.4 is 5.32 Å². The number of hydrogen-bond donors (Lipinski definition) is 1. The first-order chi connectivity index (χ1) is 9.36. The summed E-state index contributed by atoms with van der Waals surface area (Å²) in [6.45, 7) is 8.17. The predicted octanol–water partition coefficient (Wildman–Crippen LogP) is 5.06. The Kier molecular flexibility index (Phi) is 4.07. The minimum atomic E-state index is -0.573. The Bertz CT molecular complexity index is 615. The van der Waals surface area contributed by atoms with Gasteiger partial charge in [0.25, 0.3) is 0 Å². The van der Waals surface area contributed by atoms with Gasteiger partial charge in [0.05, 0.1) is 0 Å². The van der Waals surface area contributed by atoms with Gasteiger partial charge in [-0.3, -0.25) is 0 Å². The smallest absolute Gasteiger partial charge is 0.128 e. The fourth-order valence-electron chi connectivity index (χ4n) is 2.41. The van der Waals surface area contributed by atoms with Gasteiger partial charge in [-0.05, 0) is 62.1 Å². The summed E-state index contributed by atoms with van der Waals surface area (Å²) in [5, 5.41) is 3.15. The van der Waals surface area contributed by atoms with E-state index in [2.05, 4.69) is 31.3 Å². The van der Waals surface area contributed by atoms with Gasteiger partial charge in [0, 0.05) is 17.8 Å². The van der Waals surface area contributed by atoms with Gasteiger partial charge in [0.1, 0.15) is 11.6 Å². The fourth-order valence-corrected chi connectivity index (χ4v) is 2.41. The number of aryl methyl sites for hydroxylation is 3. The Morgan fingerprint density at radius 1 is 0.800 bits per heavy atom. The van der Waals surface area contributed by atoms with Crippen LogP contribution in [0.4, 0.5) is 14.5 Å². The number of nitrogens with one attached hydrogen (secondary N) is 1. The topological polar surface area (TPSA) is 12.0 Å². The summed E-state index contributed by atoms with van der Waals surface area (Å²) in [5.74, 6) is -1.15. The van der Waals surface area contributed by atoms with Crippen LogP contribution in [0.2, 0.25) is 0 Å². The molecule has 0 radical (unpaired) electrons. The minimum Gasteiger partial charge on any atom is -0.378 e. The van der Waals surface area contributed by atoms with Crippen LogP contribution in [-0.2, 0) is 0 Å². The lowest BCUT2D eigenvalue weighted by molar-refractivity contribution is 0.583. The first-order valence-electron chi connectivity index (χ1n) is 6.67. The molecule has 2 aromatic carbocycles. The second kappa shape index (κ2) is 5.61. The summed E-state index contributed by atoms with van der Waals surface area (Å²) >= 11 is 0. The van der Waals surface area contributed by atoms with E-state index in [9.17, 15) is 8.78 Å². The van der Waals surface area contributed by atoms with Crippen molar-refractivity contribution in [2.24, 2.45) is 0 Å². The molecule has 0 heterocycles. The SMILES string of the molecule is Cc1cc(C)c(C(C)Nc2cc(F)cc(F)c2)cc1C. The van der Waals surface area contributed by atoms with Gasteiger partial charge in [-0.15, -0.1) is 0 Å². The molecular formula is C17H19F2N. The summed E-state index contributed by atoms with van der Waals surface area (Å²) in [5.41, 5.74) is 5.22. The molecule has 0 aliphatic carbocycles. The monoisotopic (exact) mass is 275 g/mol. The van der Waals surface area contributed by atoms with E-state index in [1.54, 1.807) is 0 Å². The van der Waals surface area contributed by atoms with Crippen molar-refractivity contribution >= 4 is 5.69 Å². The molecule has 0 saturated heterocycles. The van der Waals surface area contributed by atoms with Crippen molar-refractivity contribution in [3.63, 3.8) is 0 Å². The average Bonchev–Trinajstić information content (AvgIpc) is 2.32. The molecule has 0 spiro atoms. The lowest BCUT2D eigenvalue weighted by Gasteiger charge is -2.19. The molecule has 0 fully saturated rings. The Labute approximate surface area is 118 Å². The van der Waals surface area contributed by atoms with E-state index >= 15 is 0 Å². The van der Waals surface area contributed by atoms with Crippen molar-refractivity contribution in [1.82, 2.24) is 0 Å². The molecule has 0 aromatic heterocycles. The highest BCUT2D eigenvalue weighted by atomic mass is 19.1. The molecule has 0 bridgehead atoms. The third-order valence-corrected chi connectivity index (χ3v) is 3.59. The van der Waals surface area contributed by atoms with Crippen molar-refractivity contribution in [2.45, 2.75) is 33.7 Å². The normalized spacial score (nSPS) is 12.3. The molecule has 1 nitrogen and oxygen atoms in total. The van der Waals surface area contributed by atoms with E-state index in [1.165, 1.54) is 28.8 Å². The van der Waals surface area contributed by atoms with E-state index in [-0.39, 0.29) is 6.04 Å². The lowest BCUT2D eigenvalue weighted by Crippen LogP contribution is -2.09. The molecule has 106 valence electrons. The Balaban J connectivity index is 2.28. The van der Waals surface area contributed by atoms with Gasteiger partial charge in [-0.1, -0.05) is 12.1 Å². The highest BCUT2D eigenvalue weighted by molar-refractivity contribution is 5.48. The maximum absolute atomic E-state index is 13.2. The van der Waals surface area contributed by atoms with E-state index in [4.69, 9.17) is 0 Å². The maximum atomic E-state index is 13.2. The zero-order chi connectivity index (χ0) is 14.9. The fraction of sp³-hybridized carbons (Fsp3) is 0.294. The number of anilines is 1. The van der Waals surface area contributed by atoms with Crippen LogP contribution >= 0.6 is 0 Å². The predicted molar refractivity (Wildman–Crippen MR) is 79.0 cm³/mol. The molecule has 0 aliphatic heterocycles. The molecule has 0 aliphatic rings. The standard InChI is InChI=1S/C17H19F2N/c1-10-5-12(3)17(6-11(10)2)13(4)20-16-8-14(18)7-15(19)9-16/h5-9,13,20H,1-4H3. The molecule has 1 atom stereocenters. The third-order valence-electron chi connectivity index (χ3n) is 3.59. The van der Waals surface area contributed by atoms with Crippen LogP contribution in [0.15, 0.2) is 30.3 Å². The van der Waals surface area contributed by atoms with Crippen molar-refractivity contribution in [3.05, 3.63) is 64.2 Å². The minimum absolute atomic E-state index is 0.0181. The largest absolute Gasteiger partial charge is 0.378 e. The van der Waals surface area contributed by atoms with Gasteiger partial charge >= 0.3 is 0 Å². The average molecular weight is 275 g/mol. The van der Waals surface area contributed by atoms with Crippen LogP contribution in [0.5, 0.6) is 0 Å². The summed E-state index contributed by atoms with van der Waals surface area (Å²) in [6.07, 6.45) is 0. The quantitative estimate of drug-likeness (QED) is 0.825. The van der Waals surface area contributed by atoms with E-state index < -0.39 is 11.6 Å². The number of hydrogen-bond acceptors (Lipinski definition) is 1. The molecule has 20 heavy (non-hydrogen) atoms. The van der Waals surface area contributed by atoms with Gasteiger partial charge < -0.3 is 5.32 Å². The van der Waals surface area contributed by atoms with Crippen molar-refractivity contribution in [1.29, 1.82) is 0 Å². The maximum Gasteiger partial charge on any atom is 0.128 e. The third kappa shape index (κ3) is 3.16. The highest BCUT2D eigenvalue weighted by Crippen LogP contribution is 2.25. The van der Waals surface area contributed by atoms with E-state index in [0.29, 0.717) is 5.69 Å². The second-order valence-electron chi connectivity index (χ2n) is 5.32. The van der Waals surface area contributed by atoms with E-state index in [0.717, 1.165) is 11.6 Å². The van der Waals surface area contributed by atoms with Crippen LogP contribution in [0.1, 0.15) is 35.2 Å². The second-order valence-corrected chi connectivity index (χ2v) is 5.32. The first kappa shape index (κ1) is 14.5. The Morgan fingerprint density at radius 3 is 1.95 bits per heavy atom. The molecule has 1 unspecified atom stereocenters. The van der Waals surface area contributed by atoms with E-state index in [1.807, 2.05) is 13.8 Å². The lowest BCUT2D eigenvalue weighted by atomic mass is 9.96. The molecular weight excluding hydrogens is 256 g/mol. The van der Waals surface area contributed by atoms with Crippen molar-refractivity contribution < 1.29 is 8.78 Å². The van der Waals surface area contributed by atoms with Gasteiger partial charge in [0.15, 0.2) is 0 Å². The molecule has 0 amide bonds. The first-order valence-corrected chi connectivity index (χ1v) is 6.67. The summed E-state index contributed by atoms with van der Waals surface area (Å²) in [6, 6.07) is 7.71. The van der Waals surface area contributed by atoms with Crippen LogP contribution in [0.25, 0.3) is 0 Å². The Hall–Kier alpha value is -1.90. The highest BCUT2D eigenvalue weighted by Gasteiger charge is 2.11. The van der Waals surface area contributed by atoms with Crippen LogP contribution in [0, 0.1) is 32.4 Å². The Morgan fingerprint density at radius 2 is 1.35 bits per heavy atom. The van der Waals surface area contributed by atoms with Gasteiger partial charge in [0.2, 0.25) is 0 Å². The zero-order valence-electron chi connectivity index (χ0n) is 12.2. The number of rotatable bonds is 3. The zero-order valence-corrected chi connectivity index (χ0v) is 12.2. The molecule has 2 aromatic rings. The molecule has 1 N–H and O–H groups in total. The van der Waals surface area contributed by atoms with Crippen LogP contribution in [0.3, 0.4) is 0 Å².